The third-order valence-corrected chi connectivity index (χ3v) is 3.22. The van der Waals surface area contributed by atoms with E-state index in [0.29, 0.717) is 23.3 Å². The molecule has 0 atom stereocenters. The van der Waals surface area contributed by atoms with Crippen LogP contribution in [0, 0.1) is 5.82 Å². The Morgan fingerprint density at radius 1 is 1.20 bits per heavy atom. The molecule has 2 aromatic carbocycles. The van der Waals surface area contributed by atoms with Gasteiger partial charge in [0, 0.05) is 17.5 Å². The largest absolute Gasteiger partial charge is 0.489 e. The normalized spacial score (nSPS) is 10.3. The van der Waals surface area contributed by atoms with Crippen LogP contribution in [0.25, 0.3) is 0 Å². The van der Waals surface area contributed by atoms with Crippen molar-refractivity contribution in [1.29, 1.82) is 0 Å². The van der Waals surface area contributed by atoms with Crippen LogP contribution < -0.4 is 4.74 Å². The molecule has 104 valence electrons. The van der Waals surface area contributed by atoms with E-state index in [1.54, 1.807) is 36.4 Å². The van der Waals surface area contributed by atoms with Crippen LogP contribution in [0.15, 0.2) is 42.5 Å². The van der Waals surface area contributed by atoms with Crippen LogP contribution in [0.3, 0.4) is 0 Å². The summed E-state index contributed by atoms with van der Waals surface area (Å²) in [7, 11) is 0. The monoisotopic (exact) mass is 292 g/mol. The number of Topliss-reactive ketones (excluding diaryl/α,β-unsaturated/α-hetero) is 1. The molecule has 0 aliphatic heterocycles. The van der Waals surface area contributed by atoms with Gasteiger partial charge in [0.1, 0.15) is 18.2 Å². The Kier molecular flexibility index (Phi) is 4.74. The van der Waals surface area contributed by atoms with E-state index in [0.717, 1.165) is 0 Å². The third kappa shape index (κ3) is 3.36. The number of ketones is 1. The third-order valence-electron chi connectivity index (χ3n) is 2.92. The predicted octanol–water partition coefficient (Wildman–Crippen LogP) is 4.65. The number of benzene rings is 2. The van der Waals surface area contributed by atoms with E-state index < -0.39 is 5.82 Å². The molecule has 0 amide bonds. The Morgan fingerprint density at radius 2 is 1.90 bits per heavy atom. The summed E-state index contributed by atoms with van der Waals surface area (Å²) in [5.74, 6) is 0.196. The number of rotatable bonds is 5. The molecule has 2 aromatic rings. The lowest BCUT2D eigenvalue weighted by molar-refractivity contribution is 0.0988. The number of hydrogen-bond acceptors (Lipinski definition) is 2. The SMILES string of the molecule is CCC(=O)c1ccc(OCc2cccc(Cl)c2F)cc1. The van der Waals surface area contributed by atoms with Crippen molar-refractivity contribution < 1.29 is 13.9 Å². The van der Waals surface area contributed by atoms with E-state index in [-0.39, 0.29) is 17.4 Å². The second-order valence-electron chi connectivity index (χ2n) is 4.30. The van der Waals surface area contributed by atoms with Crippen molar-refractivity contribution >= 4 is 17.4 Å². The van der Waals surface area contributed by atoms with Gasteiger partial charge >= 0.3 is 0 Å². The first-order valence-electron chi connectivity index (χ1n) is 6.30. The van der Waals surface area contributed by atoms with Gasteiger partial charge in [-0.2, -0.15) is 0 Å². The van der Waals surface area contributed by atoms with Crippen molar-refractivity contribution in [3.8, 4) is 5.75 Å². The lowest BCUT2D eigenvalue weighted by Crippen LogP contribution is -2.00. The molecule has 0 fully saturated rings. The molecular formula is C16H14ClFO2. The number of carbonyl (C=O) groups is 1. The summed E-state index contributed by atoms with van der Waals surface area (Å²) in [6.45, 7) is 1.90. The van der Waals surface area contributed by atoms with Crippen LogP contribution in [0.4, 0.5) is 4.39 Å². The van der Waals surface area contributed by atoms with Gasteiger partial charge < -0.3 is 4.74 Å². The van der Waals surface area contributed by atoms with E-state index in [4.69, 9.17) is 16.3 Å². The minimum absolute atomic E-state index is 0.0787. The van der Waals surface area contributed by atoms with Crippen molar-refractivity contribution in [2.24, 2.45) is 0 Å². The predicted molar refractivity (Wildman–Crippen MR) is 76.8 cm³/mol. The Balaban J connectivity index is 2.04. The highest BCUT2D eigenvalue weighted by Crippen LogP contribution is 2.20. The van der Waals surface area contributed by atoms with Crippen LogP contribution in [0.5, 0.6) is 5.75 Å². The summed E-state index contributed by atoms with van der Waals surface area (Å²) in [5.41, 5.74) is 1.04. The molecule has 0 aliphatic rings. The van der Waals surface area contributed by atoms with Gasteiger partial charge in [0.25, 0.3) is 0 Å². The molecule has 0 N–H and O–H groups in total. The van der Waals surface area contributed by atoms with Crippen molar-refractivity contribution in [3.63, 3.8) is 0 Å². The first-order valence-corrected chi connectivity index (χ1v) is 6.68. The molecule has 20 heavy (non-hydrogen) atoms. The standard InChI is InChI=1S/C16H14ClFO2/c1-2-15(19)11-6-8-13(9-7-11)20-10-12-4-3-5-14(17)16(12)18/h3-9H,2,10H2,1H3. The van der Waals surface area contributed by atoms with Crippen molar-refractivity contribution in [1.82, 2.24) is 0 Å². The van der Waals surface area contributed by atoms with E-state index in [1.807, 2.05) is 6.92 Å². The fourth-order valence-corrected chi connectivity index (χ4v) is 1.96. The quantitative estimate of drug-likeness (QED) is 0.750. The summed E-state index contributed by atoms with van der Waals surface area (Å²) < 4.78 is 19.1. The van der Waals surface area contributed by atoms with Gasteiger partial charge in [0.05, 0.1) is 5.02 Å². The van der Waals surface area contributed by atoms with Crippen molar-refractivity contribution in [2.45, 2.75) is 20.0 Å². The van der Waals surface area contributed by atoms with Crippen LogP contribution in [-0.4, -0.2) is 5.78 Å². The molecule has 0 unspecified atom stereocenters. The minimum Gasteiger partial charge on any atom is -0.489 e. The molecule has 0 saturated heterocycles. The maximum absolute atomic E-state index is 13.7. The van der Waals surface area contributed by atoms with Gasteiger partial charge in [-0.05, 0) is 30.3 Å². The lowest BCUT2D eigenvalue weighted by atomic mass is 10.1. The van der Waals surface area contributed by atoms with Gasteiger partial charge in [-0.25, -0.2) is 4.39 Å². The highest BCUT2D eigenvalue weighted by atomic mass is 35.5. The molecule has 4 heteroatoms. The van der Waals surface area contributed by atoms with Crippen LogP contribution in [0.2, 0.25) is 5.02 Å². The fraction of sp³-hybridized carbons (Fsp3) is 0.188. The van der Waals surface area contributed by atoms with Gasteiger partial charge in [0.15, 0.2) is 5.78 Å². The molecule has 2 rings (SSSR count). The smallest absolute Gasteiger partial charge is 0.162 e. The van der Waals surface area contributed by atoms with Gasteiger partial charge in [-0.15, -0.1) is 0 Å². The van der Waals surface area contributed by atoms with E-state index in [1.165, 1.54) is 6.07 Å². The zero-order valence-corrected chi connectivity index (χ0v) is 11.8. The van der Waals surface area contributed by atoms with Crippen molar-refractivity contribution in [2.75, 3.05) is 0 Å². The summed E-state index contributed by atoms with van der Waals surface area (Å²) in [6, 6.07) is 11.6. The Labute approximate surface area is 122 Å². The Bertz CT molecular complexity index is 608. The highest BCUT2D eigenvalue weighted by Gasteiger charge is 2.07. The molecule has 0 radical (unpaired) electrons. The number of hydrogen-bond donors (Lipinski definition) is 0. The Hall–Kier alpha value is -1.87. The number of ether oxygens (including phenoxy) is 1. The Morgan fingerprint density at radius 3 is 2.55 bits per heavy atom. The first kappa shape index (κ1) is 14.5. The average molecular weight is 293 g/mol. The van der Waals surface area contributed by atoms with Crippen molar-refractivity contribution in [3.05, 3.63) is 64.4 Å². The van der Waals surface area contributed by atoms with E-state index >= 15 is 0 Å². The summed E-state index contributed by atoms with van der Waals surface area (Å²) in [5, 5.41) is 0.0787. The fourth-order valence-electron chi connectivity index (χ4n) is 1.76. The molecule has 2 nitrogen and oxygen atoms in total. The second kappa shape index (κ2) is 6.53. The lowest BCUT2D eigenvalue weighted by Gasteiger charge is -2.08. The van der Waals surface area contributed by atoms with E-state index in [2.05, 4.69) is 0 Å². The molecule has 0 spiro atoms. The van der Waals surface area contributed by atoms with Crippen LogP contribution >= 0.6 is 11.6 Å². The summed E-state index contributed by atoms with van der Waals surface area (Å²) in [6.07, 6.45) is 0.466. The molecule has 0 heterocycles. The first-order chi connectivity index (χ1) is 9.61. The average Bonchev–Trinajstić information content (AvgIpc) is 2.48. The zero-order valence-electron chi connectivity index (χ0n) is 11.0. The summed E-state index contributed by atoms with van der Waals surface area (Å²) >= 11 is 5.70. The summed E-state index contributed by atoms with van der Waals surface area (Å²) in [4.78, 5) is 11.5. The number of carbonyl (C=O) groups excluding carboxylic acids is 1. The number of halogens is 2. The van der Waals surface area contributed by atoms with Gasteiger partial charge in [-0.1, -0.05) is 30.7 Å². The molecule has 0 saturated carbocycles. The van der Waals surface area contributed by atoms with Crippen LogP contribution in [0.1, 0.15) is 29.3 Å². The van der Waals surface area contributed by atoms with Gasteiger partial charge in [-0.3, -0.25) is 4.79 Å². The second-order valence-corrected chi connectivity index (χ2v) is 4.71. The zero-order chi connectivity index (χ0) is 14.5. The topological polar surface area (TPSA) is 26.3 Å². The van der Waals surface area contributed by atoms with Gasteiger partial charge in [0.2, 0.25) is 0 Å². The molecule has 0 bridgehead atoms. The minimum atomic E-state index is -0.466. The maximum atomic E-state index is 13.7. The highest BCUT2D eigenvalue weighted by molar-refractivity contribution is 6.30. The molecular weight excluding hydrogens is 279 g/mol. The van der Waals surface area contributed by atoms with Crippen LogP contribution in [-0.2, 0) is 6.61 Å². The maximum Gasteiger partial charge on any atom is 0.162 e. The molecule has 0 aliphatic carbocycles. The van der Waals surface area contributed by atoms with E-state index in [9.17, 15) is 9.18 Å². The molecule has 0 aromatic heterocycles.